The standard InChI is InChI=1S/C18H26FN5O/c1-2-20-18(21-13-17(25)22-15-5-6-15)24-11-9-23(10-12-24)16-7-3-14(19)4-8-16/h3-4,7-8,15H,2,5-6,9-13H2,1H3,(H,20,21)(H,22,25). The summed E-state index contributed by atoms with van der Waals surface area (Å²) >= 11 is 0. The fourth-order valence-corrected chi connectivity index (χ4v) is 2.90. The van der Waals surface area contributed by atoms with Crippen molar-refractivity contribution in [2.45, 2.75) is 25.8 Å². The maximum Gasteiger partial charge on any atom is 0.242 e. The van der Waals surface area contributed by atoms with Crippen molar-refractivity contribution >= 4 is 17.6 Å². The van der Waals surface area contributed by atoms with E-state index < -0.39 is 0 Å². The van der Waals surface area contributed by atoms with Crippen molar-refractivity contribution in [1.82, 2.24) is 15.5 Å². The van der Waals surface area contributed by atoms with E-state index in [0.717, 1.165) is 57.2 Å². The SMILES string of the molecule is CCNC(=NCC(=O)NC1CC1)N1CCN(c2ccc(F)cc2)CC1. The first kappa shape index (κ1) is 17.5. The van der Waals surface area contributed by atoms with Crippen LogP contribution in [0.3, 0.4) is 0 Å². The van der Waals surface area contributed by atoms with Gasteiger partial charge in [0.25, 0.3) is 0 Å². The molecule has 1 aromatic carbocycles. The molecule has 2 fully saturated rings. The van der Waals surface area contributed by atoms with E-state index in [4.69, 9.17) is 0 Å². The van der Waals surface area contributed by atoms with Gasteiger partial charge in [-0.3, -0.25) is 4.79 Å². The quantitative estimate of drug-likeness (QED) is 0.621. The summed E-state index contributed by atoms with van der Waals surface area (Å²) in [5.74, 6) is 0.559. The molecule has 1 amide bonds. The van der Waals surface area contributed by atoms with Crippen molar-refractivity contribution in [3.8, 4) is 0 Å². The Balaban J connectivity index is 1.54. The van der Waals surface area contributed by atoms with Crippen molar-refractivity contribution in [2.24, 2.45) is 4.99 Å². The van der Waals surface area contributed by atoms with Crippen LogP contribution < -0.4 is 15.5 Å². The molecule has 0 aromatic heterocycles. The number of hydrogen-bond donors (Lipinski definition) is 2. The molecule has 0 bridgehead atoms. The number of nitrogens with zero attached hydrogens (tertiary/aromatic N) is 3. The van der Waals surface area contributed by atoms with E-state index in [-0.39, 0.29) is 18.3 Å². The summed E-state index contributed by atoms with van der Waals surface area (Å²) in [4.78, 5) is 20.7. The maximum absolute atomic E-state index is 13.1. The van der Waals surface area contributed by atoms with E-state index in [1.54, 1.807) is 0 Å². The number of halogens is 1. The highest BCUT2D eigenvalue weighted by Gasteiger charge is 2.23. The van der Waals surface area contributed by atoms with Gasteiger partial charge in [0.15, 0.2) is 5.96 Å². The first-order valence-corrected chi connectivity index (χ1v) is 8.99. The predicted molar refractivity (Wildman–Crippen MR) is 97.3 cm³/mol. The molecule has 3 rings (SSSR count). The lowest BCUT2D eigenvalue weighted by Crippen LogP contribution is -2.52. The molecule has 7 heteroatoms. The number of hydrogen-bond acceptors (Lipinski definition) is 3. The van der Waals surface area contributed by atoms with Crippen LogP contribution in [0.5, 0.6) is 0 Å². The van der Waals surface area contributed by atoms with Crippen LogP contribution in [0.4, 0.5) is 10.1 Å². The van der Waals surface area contributed by atoms with Crippen LogP contribution in [-0.4, -0.2) is 62.1 Å². The van der Waals surface area contributed by atoms with Gasteiger partial charge in [-0.05, 0) is 44.0 Å². The molecule has 2 aliphatic rings. The molecular formula is C18H26FN5O. The Kier molecular flexibility index (Phi) is 5.73. The minimum atomic E-state index is -0.214. The Labute approximate surface area is 148 Å². The zero-order valence-electron chi connectivity index (χ0n) is 14.7. The van der Waals surface area contributed by atoms with Crippen LogP contribution in [0.2, 0.25) is 0 Å². The van der Waals surface area contributed by atoms with Crippen molar-refractivity contribution in [3.63, 3.8) is 0 Å². The van der Waals surface area contributed by atoms with E-state index in [1.165, 1.54) is 12.1 Å². The minimum Gasteiger partial charge on any atom is -0.368 e. The Morgan fingerprint density at radius 2 is 1.88 bits per heavy atom. The lowest BCUT2D eigenvalue weighted by atomic mass is 10.2. The third-order valence-corrected chi connectivity index (χ3v) is 4.42. The number of aliphatic imine (C=N–C) groups is 1. The van der Waals surface area contributed by atoms with Crippen LogP contribution in [0.1, 0.15) is 19.8 Å². The third kappa shape index (κ3) is 5.08. The second kappa shape index (κ2) is 8.18. The van der Waals surface area contributed by atoms with E-state index in [2.05, 4.69) is 25.4 Å². The first-order valence-electron chi connectivity index (χ1n) is 8.99. The highest BCUT2D eigenvalue weighted by molar-refractivity contribution is 5.85. The molecule has 2 N–H and O–H groups in total. The molecule has 0 radical (unpaired) electrons. The molecular weight excluding hydrogens is 321 g/mol. The largest absolute Gasteiger partial charge is 0.368 e. The summed E-state index contributed by atoms with van der Waals surface area (Å²) in [6.07, 6.45) is 2.17. The average Bonchev–Trinajstić information content (AvgIpc) is 3.43. The van der Waals surface area contributed by atoms with Gasteiger partial charge in [-0.15, -0.1) is 0 Å². The molecule has 1 aliphatic carbocycles. The molecule has 136 valence electrons. The lowest BCUT2D eigenvalue weighted by molar-refractivity contribution is -0.119. The zero-order chi connectivity index (χ0) is 17.6. The number of guanidine groups is 1. The molecule has 25 heavy (non-hydrogen) atoms. The smallest absolute Gasteiger partial charge is 0.242 e. The number of rotatable bonds is 5. The second-order valence-electron chi connectivity index (χ2n) is 6.46. The molecule has 1 heterocycles. The van der Waals surface area contributed by atoms with Crippen molar-refractivity contribution in [2.75, 3.05) is 44.2 Å². The molecule has 0 spiro atoms. The average molecular weight is 347 g/mol. The lowest BCUT2D eigenvalue weighted by Gasteiger charge is -2.37. The second-order valence-corrected chi connectivity index (χ2v) is 6.46. The normalized spacial score (nSPS) is 18.2. The fourth-order valence-electron chi connectivity index (χ4n) is 2.90. The molecule has 1 saturated carbocycles. The Morgan fingerprint density at radius 1 is 1.20 bits per heavy atom. The van der Waals surface area contributed by atoms with Gasteiger partial charge in [0.05, 0.1) is 0 Å². The Hall–Kier alpha value is -2.31. The van der Waals surface area contributed by atoms with Gasteiger partial charge in [-0.2, -0.15) is 0 Å². The number of piperazine rings is 1. The molecule has 1 aliphatic heterocycles. The van der Waals surface area contributed by atoms with Gasteiger partial charge in [-0.25, -0.2) is 9.38 Å². The molecule has 6 nitrogen and oxygen atoms in total. The van der Waals surface area contributed by atoms with Crippen molar-refractivity contribution in [3.05, 3.63) is 30.1 Å². The monoisotopic (exact) mass is 347 g/mol. The van der Waals surface area contributed by atoms with Gasteiger partial charge in [-0.1, -0.05) is 0 Å². The minimum absolute atomic E-state index is 0.0112. The van der Waals surface area contributed by atoms with Gasteiger partial charge in [0, 0.05) is 44.5 Å². The topological polar surface area (TPSA) is 60.0 Å². The highest BCUT2D eigenvalue weighted by atomic mass is 19.1. The Bertz CT molecular complexity index is 606. The van der Waals surface area contributed by atoms with Crippen LogP contribution >= 0.6 is 0 Å². The fraction of sp³-hybridized carbons (Fsp3) is 0.556. The molecule has 1 aromatic rings. The number of carbonyl (C=O) groups excluding carboxylic acids is 1. The summed E-state index contributed by atoms with van der Waals surface area (Å²) < 4.78 is 13.1. The number of benzene rings is 1. The van der Waals surface area contributed by atoms with Gasteiger partial charge >= 0.3 is 0 Å². The summed E-state index contributed by atoms with van der Waals surface area (Å²) in [6.45, 7) is 6.25. The van der Waals surface area contributed by atoms with Crippen LogP contribution in [0.15, 0.2) is 29.3 Å². The number of nitrogens with one attached hydrogen (secondary N) is 2. The number of amides is 1. The number of carbonyl (C=O) groups is 1. The summed E-state index contributed by atoms with van der Waals surface area (Å²) in [5.41, 5.74) is 1.03. The predicted octanol–water partition coefficient (Wildman–Crippen LogP) is 1.19. The van der Waals surface area contributed by atoms with Crippen LogP contribution in [0, 0.1) is 5.82 Å². The van der Waals surface area contributed by atoms with Gasteiger partial charge in [0.2, 0.25) is 5.91 Å². The van der Waals surface area contributed by atoms with Gasteiger partial charge in [0.1, 0.15) is 12.4 Å². The summed E-state index contributed by atoms with van der Waals surface area (Å²) in [5, 5.41) is 6.22. The first-order chi connectivity index (χ1) is 12.2. The maximum atomic E-state index is 13.1. The van der Waals surface area contributed by atoms with E-state index in [9.17, 15) is 9.18 Å². The molecule has 0 atom stereocenters. The van der Waals surface area contributed by atoms with E-state index >= 15 is 0 Å². The van der Waals surface area contributed by atoms with Crippen molar-refractivity contribution in [1.29, 1.82) is 0 Å². The van der Waals surface area contributed by atoms with Crippen molar-refractivity contribution < 1.29 is 9.18 Å². The number of anilines is 1. The summed E-state index contributed by atoms with van der Waals surface area (Å²) in [6, 6.07) is 6.97. The van der Waals surface area contributed by atoms with Crippen LogP contribution in [0.25, 0.3) is 0 Å². The highest BCUT2D eigenvalue weighted by Crippen LogP contribution is 2.18. The van der Waals surface area contributed by atoms with E-state index in [0.29, 0.717) is 6.04 Å². The summed E-state index contributed by atoms with van der Waals surface area (Å²) in [7, 11) is 0. The van der Waals surface area contributed by atoms with E-state index in [1.807, 2.05) is 19.1 Å². The zero-order valence-corrected chi connectivity index (χ0v) is 14.7. The molecule has 1 saturated heterocycles. The third-order valence-electron chi connectivity index (χ3n) is 4.42. The van der Waals surface area contributed by atoms with Crippen LogP contribution in [-0.2, 0) is 4.79 Å². The molecule has 0 unspecified atom stereocenters. The Morgan fingerprint density at radius 3 is 2.48 bits per heavy atom. The van der Waals surface area contributed by atoms with Gasteiger partial charge < -0.3 is 20.4 Å².